The lowest BCUT2D eigenvalue weighted by Crippen LogP contribution is -2.43. The third-order valence-electron chi connectivity index (χ3n) is 4.94. The molecule has 0 bridgehead atoms. The van der Waals surface area contributed by atoms with Crippen molar-refractivity contribution in [1.29, 1.82) is 0 Å². The topological polar surface area (TPSA) is 87.5 Å². The van der Waals surface area contributed by atoms with E-state index in [9.17, 15) is 23.7 Å². The van der Waals surface area contributed by atoms with E-state index in [2.05, 4.69) is 26.6 Å². The molecule has 1 aromatic rings. The van der Waals surface area contributed by atoms with Crippen LogP contribution in [0.4, 0.5) is 20.2 Å². The average Bonchev–Trinajstić information content (AvgIpc) is 2.63. The minimum atomic E-state index is -2.77. The van der Waals surface area contributed by atoms with E-state index >= 15 is 0 Å². The van der Waals surface area contributed by atoms with Gasteiger partial charge in [-0.05, 0) is 25.5 Å². The Bertz CT molecular complexity index is 731. The van der Waals surface area contributed by atoms with E-state index in [1.54, 1.807) is 0 Å². The Morgan fingerprint density at radius 2 is 2.07 bits per heavy atom. The summed E-state index contributed by atoms with van der Waals surface area (Å²) in [4.78, 5) is 25.3. The number of nitro groups is 1. The molecule has 3 rings (SSSR count). The van der Waals surface area contributed by atoms with Crippen molar-refractivity contribution in [2.24, 2.45) is 0 Å². The standard InChI is InChI=1S/C17H21BrF2N4O3/c18-11-8-13(16(25)23-6-3-17(19,20)4-7-23)15(14(9-11)24(26)27)22-12-2-1-5-21-10-12/h8-9,12,21-22H,1-7,10H2/t12-/m1/s1. The lowest BCUT2D eigenvalue weighted by Gasteiger charge is -2.32. The van der Waals surface area contributed by atoms with E-state index < -0.39 is 29.6 Å². The number of carbonyl (C=O) groups is 1. The monoisotopic (exact) mass is 446 g/mol. The van der Waals surface area contributed by atoms with Gasteiger partial charge in [-0.15, -0.1) is 0 Å². The predicted octanol–water partition coefficient (Wildman–Crippen LogP) is 3.39. The second-order valence-electron chi connectivity index (χ2n) is 6.94. The van der Waals surface area contributed by atoms with Gasteiger partial charge < -0.3 is 15.5 Å². The zero-order valence-electron chi connectivity index (χ0n) is 14.6. The van der Waals surface area contributed by atoms with E-state index in [0.29, 0.717) is 11.0 Å². The van der Waals surface area contributed by atoms with Crippen LogP contribution in [-0.2, 0) is 0 Å². The molecule has 1 aromatic carbocycles. The Kier molecular flexibility index (Phi) is 5.95. The van der Waals surface area contributed by atoms with Crippen molar-refractivity contribution in [3.8, 4) is 0 Å². The van der Waals surface area contributed by atoms with Crippen molar-refractivity contribution in [2.75, 3.05) is 31.5 Å². The molecule has 2 saturated heterocycles. The van der Waals surface area contributed by atoms with Gasteiger partial charge in [0.05, 0.1) is 10.5 Å². The number of anilines is 1. The van der Waals surface area contributed by atoms with Gasteiger partial charge >= 0.3 is 0 Å². The van der Waals surface area contributed by atoms with Gasteiger partial charge in [0.2, 0.25) is 0 Å². The summed E-state index contributed by atoms with van der Waals surface area (Å²) < 4.78 is 27.2. The number of alkyl halides is 2. The molecule has 2 aliphatic heterocycles. The van der Waals surface area contributed by atoms with Crippen molar-refractivity contribution in [1.82, 2.24) is 10.2 Å². The van der Waals surface area contributed by atoms with Crippen LogP contribution in [0.15, 0.2) is 16.6 Å². The fourth-order valence-corrected chi connectivity index (χ4v) is 3.89. The second kappa shape index (κ2) is 8.05. The lowest BCUT2D eigenvalue weighted by molar-refractivity contribution is -0.384. The molecule has 2 N–H and O–H groups in total. The number of rotatable bonds is 4. The molecule has 0 saturated carbocycles. The molecule has 27 heavy (non-hydrogen) atoms. The van der Waals surface area contributed by atoms with Crippen LogP contribution in [0.25, 0.3) is 0 Å². The Morgan fingerprint density at radius 1 is 1.37 bits per heavy atom. The van der Waals surface area contributed by atoms with Crippen LogP contribution in [0.2, 0.25) is 0 Å². The molecule has 2 fully saturated rings. The van der Waals surface area contributed by atoms with Crippen molar-refractivity contribution in [2.45, 2.75) is 37.6 Å². The number of piperidine rings is 2. The summed E-state index contributed by atoms with van der Waals surface area (Å²) in [6, 6.07) is 2.82. The maximum Gasteiger partial charge on any atom is 0.294 e. The summed E-state index contributed by atoms with van der Waals surface area (Å²) in [6.45, 7) is 1.37. The molecule has 0 aromatic heterocycles. The molecular weight excluding hydrogens is 426 g/mol. The molecule has 2 aliphatic rings. The molecule has 0 spiro atoms. The Morgan fingerprint density at radius 3 is 2.67 bits per heavy atom. The Balaban J connectivity index is 1.92. The van der Waals surface area contributed by atoms with Crippen LogP contribution in [0.3, 0.4) is 0 Å². The molecule has 1 amide bonds. The zero-order chi connectivity index (χ0) is 19.6. The molecule has 0 aliphatic carbocycles. The van der Waals surface area contributed by atoms with Crippen LogP contribution in [-0.4, -0.2) is 53.9 Å². The molecule has 0 radical (unpaired) electrons. The summed E-state index contributed by atoms with van der Waals surface area (Å²) in [5.74, 6) is -3.24. The molecule has 0 unspecified atom stereocenters. The largest absolute Gasteiger partial charge is 0.375 e. The lowest BCUT2D eigenvalue weighted by atomic mass is 10.0. The van der Waals surface area contributed by atoms with Crippen molar-refractivity contribution < 1.29 is 18.5 Å². The first-order valence-corrected chi connectivity index (χ1v) is 9.68. The minimum Gasteiger partial charge on any atom is -0.375 e. The van der Waals surface area contributed by atoms with Gasteiger partial charge in [0.15, 0.2) is 0 Å². The van der Waals surface area contributed by atoms with Gasteiger partial charge in [-0.25, -0.2) is 8.78 Å². The van der Waals surface area contributed by atoms with E-state index in [1.165, 1.54) is 17.0 Å². The molecule has 7 nitrogen and oxygen atoms in total. The first kappa shape index (κ1) is 19.9. The average molecular weight is 447 g/mol. The van der Waals surface area contributed by atoms with Crippen LogP contribution >= 0.6 is 15.9 Å². The van der Waals surface area contributed by atoms with Crippen molar-refractivity contribution >= 4 is 33.2 Å². The number of nitrogens with zero attached hydrogens (tertiary/aromatic N) is 2. The number of nitro benzene ring substituents is 1. The number of carbonyl (C=O) groups excluding carboxylic acids is 1. The van der Waals surface area contributed by atoms with Gasteiger partial charge in [-0.1, -0.05) is 15.9 Å². The van der Waals surface area contributed by atoms with Crippen molar-refractivity contribution in [3.63, 3.8) is 0 Å². The minimum absolute atomic E-state index is 0.0455. The van der Waals surface area contributed by atoms with Gasteiger partial charge in [-0.3, -0.25) is 14.9 Å². The number of benzene rings is 1. The molecular formula is C17H21BrF2N4O3. The molecule has 148 valence electrons. The summed E-state index contributed by atoms with van der Waals surface area (Å²) in [5.41, 5.74) is 0.0757. The first-order valence-electron chi connectivity index (χ1n) is 8.89. The number of hydrogen-bond acceptors (Lipinski definition) is 5. The van der Waals surface area contributed by atoms with Gasteiger partial charge in [0.25, 0.3) is 17.5 Å². The molecule has 10 heteroatoms. The van der Waals surface area contributed by atoms with Crippen LogP contribution in [0.5, 0.6) is 0 Å². The quantitative estimate of drug-likeness (QED) is 0.546. The Hall–Kier alpha value is -1.81. The number of hydrogen-bond donors (Lipinski definition) is 2. The molecule has 2 heterocycles. The first-order chi connectivity index (χ1) is 12.8. The molecule has 1 atom stereocenters. The number of likely N-dealkylation sites (tertiary alicyclic amines) is 1. The van der Waals surface area contributed by atoms with E-state index in [0.717, 1.165) is 19.4 Å². The highest BCUT2D eigenvalue weighted by atomic mass is 79.9. The normalized spacial score (nSPS) is 22.3. The number of amides is 1. The summed E-state index contributed by atoms with van der Waals surface area (Å²) >= 11 is 3.22. The third-order valence-corrected chi connectivity index (χ3v) is 5.39. The van der Waals surface area contributed by atoms with Crippen LogP contribution in [0.1, 0.15) is 36.0 Å². The highest BCUT2D eigenvalue weighted by molar-refractivity contribution is 9.10. The van der Waals surface area contributed by atoms with E-state index in [-0.39, 0.29) is 36.1 Å². The smallest absolute Gasteiger partial charge is 0.294 e. The van der Waals surface area contributed by atoms with Gasteiger partial charge in [0.1, 0.15) is 5.69 Å². The van der Waals surface area contributed by atoms with Crippen molar-refractivity contribution in [3.05, 3.63) is 32.3 Å². The van der Waals surface area contributed by atoms with Gasteiger partial charge in [0, 0.05) is 49.1 Å². The third kappa shape index (κ3) is 4.73. The maximum absolute atomic E-state index is 13.4. The van der Waals surface area contributed by atoms with Crippen LogP contribution in [0, 0.1) is 10.1 Å². The fourth-order valence-electron chi connectivity index (χ4n) is 3.44. The summed E-state index contributed by atoms with van der Waals surface area (Å²) in [6.07, 6.45) is 0.949. The highest BCUT2D eigenvalue weighted by Crippen LogP contribution is 2.36. The zero-order valence-corrected chi connectivity index (χ0v) is 16.2. The van der Waals surface area contributed by atoms with Gasteiger partial charge in [-0.2, -0.15) is 0 Å². The number of halogens is 3. The van der Waals surface area contributed by atoms with E-state index in [4.69, 9.17) is 0 Å². The SMILES string of the molecule is O=C(c1cc(Br)cc([N+](=O)[O-])c1N[C@@H]1CCCNC1)N1CCC(F)(F)CC1. The van der Waals surface area contributed by atoms with Crippen LogP contribution < -0.4 is 10.6 Å². The van der Waals surface area contributed by atoms with E-state index in [1.807, 2.05) is 0 Å². The highest BCUT2D eigenvalue weighted by Gasteiger charge is 2.37. The second-order valence-corrected chi connectivity index (χ2v) is 7.86. The summed E-state index contributed by atoms with van der Waals surface area (Å²) in [7, 11) is 0. The Labute approximate surface area is 163 Å². The number of nitrogens with one attached hydrogen (secondary N) is 2. The predicted molar refractivity (Wildman–Crippen MR) is 100 cm³/mol. The maximum atomic E-state index is 13.4. The summed E-state index contributed by atoms with van der Waals surface area (Å²) in [5, 5.41) is 17.9. The fraction of sp³-hybridized carbons (Fsp3) is 0.588.